The molecular weight excluding hydrogens is 384 g/mol. The van der Waals surface area contributed by atoms with E-state index in [9.17, 15) is 9.59 Å². The maximum Gasteiger partial charge on any atom is 0.254 e. The SMILES string of the molecule is CC(C)C[C@@H](Nc1ncc(C(N)=O)c(Nc2ccc(N=CCC=N)cc2)n1)C(N)=O. The first-order valence-corrected chi connectivity index (χ1v) is 9.41. The van der Waals surface area contributed by atoms with Crippen LogP contribution in [0.25, 0.3) is 0 Å². The van der Waals surface area contributed by atoms with Gasteiger partial charge in [0.15, 0.2) is 0 Å². The molecule has 10 heteroatoms. The normalized spacial score (nSPS) is 12.0. The van der Waals surface area contributed by atoms with E-state index in [1.54, 1.807) is 30.5 Å². The molecule has 2 amide bonds. The van der Waals surface area contributed by atoms with Crippen molar-refractivity contribution < 1.29 is 9.59 Å². The zero-order chi connectivity index (χ0) is 22.1. The van der Waals surface area contributed by atoms with E-state index in [4.69, 9.17) is 16.9 Å². The number of aliphatic imine (C=N–C) groups is 1. The molecule has 1 heterocycles. The Morgan fingerprint density at radius 3 is 2.50 bits per heavy atom. The average molecular weight is 410 g/mol. The van der Waals surface area contributed by atoms with Gasteiger partial charge < -0.3 is 27.5 Å². The highest BCUT2D eigenvalue weighted by atomic mass is 16.1. The zero-order valence-corrected chi connectivity index (χ0v) is 16.9. The summed E-state index contributed by atoms with van der Waals surface area (Å²) in [4.78, 5) is 36.1. The number of hydrogen-bond donors (Lipinski definition) is 5. The Balaban J connectivity index is 2.25. The monoisotopic (exact) mass is 410 g/mol. The first-order valence-electron chi connectivity index (χ1n) is 9.41. The fraction of sp³-hybridized carbons (Fsp3) is 0.300. The first kappa shape index (κ1) is 22.5. The number of rotatable bonds is 11. The Morgan fingerprint density at radius 2 is 1.93 bits per heavy atom. The minimum absolute atomic E-state index is 0.105. The Labute approximate surface area is 174 Å². The largest absolute Gasteiger partial charge is 0.368 e. The van der Waals surface area contributed by atoms with Crippen LogP contribution >= 0.6 is 0 Å². The quantitative estimate of drug-likeness (QED) is 0.356. The molecule has 0 radical (unpaired) electrons. The molecule has 0 saturated heterocycles. The van der Waals surface area contributed by atoms with Gasteiger partial charge in [-0.25, -0.2) is 4.98 Å². The Morgan fingerprint density at radius 1 is 1.23 bits per heavy atom. The van der Waals surface area contributed by atoms with Crippen LogP contribution in [0.5, 0.6) is 0 Å². The van der Waals surface area contributed by atoms with E-state index in [-0.39, 0.29) is 23.2 Å². The number of amides is 2. The topological polar surface area (TPSA) is 172 Å². The van der Waals surface area contributed by atoms with Crippen molar-refractivity contribution >= 4 is 47.4 Å². The number of primary amides is 2. The van der Waals surface area contributed by atoms with Crippen LogP contribution in [-0.2, 0) is 4.79 Å². The number of carbonyl (C=O) groups excluding carboxylic acids is 2. The number of carbonyl (C=O) groups is 2. The van der Waals surface area contributed by atoms with E-state index in [1.165, 1.54) is 12.4 Å². The lowest BCUT2D eigenvalue weighted by molar-refractivity contribution is -0.119. The second kappa shape index (κ2) is 10.6. The van der Waals surface area contributed by atoms with Crippen LogP contribution in [0, 0.1) is 11.3 Å². The molecule has 2 aromatic rings. The molecule has 0 spiro atoms. The van der Waals surface area contributed by atoms with Crippen molar-refractivity contribution in [3.05, 3.63) is 36.0 Å². The molecule has 0 aliphatic carbocycles. The molecule has 7 N–H and O–H groups in total. The predicted octanol–water partition coefficient (Wildman–Crippen LogP) is 2.37. The van der Waals surface area contributed by atoms with E-state index >= 15 is 0 Å². The molecule has 30 heavy (non-hydrogen) atoms. The van der Waals surface area contributed by atoms with Gasteiger partial charge in [-0.05, 0) is 36.6 Å². The third-order valence-electron chi connectivity index (χ3n) is 4.00. The third-order valence-corrected chi connectivity index (χ3v) is 4.00. The number of anilines is 3. The average Bonchev–Trinajstić information content (AvgIpc) is 2.68. The maximum atomic E-state index is 11.8. The van der Waals surface area contributed by atoms with Crippen LogP contribution in [0.1, 0.15) is 37.0 Å². The third kappa shape index (κ3) is 6.66. The van der Waals surface area contributed by atoms with Gasteiger partial charge in [-0.1, -0.05) is 13.8 Å². The molecule has 10 nitrogen and oxygen atoms in total. The van der Waals surface area contributed by atoms with E-state index in [2.05, 4.69) is 25.6 Å². The van der Waals surface area contributed by atoms with Crippen molar-refractivity contribution in [2.24, 2.45) is 22.4 Å². The number of nitrogens with zero attached hydrogens (tertiary/aromatic N) is 3. The summed E-state index contributed by atoms with van der Waals surface area (Å²) < 4.78 is 0. The summed E-state index contributed by atoms with van der Waals surface area (Å²) in [5, 5.41) is 12.9. The molecular formula is C20H26N8O2. The standard InChI is InChI=1S/C20H26N8O2/c1-12(2)10-16(18(23)30)27-20-25-11-15(17(22)29)19(28-20)26-14-6-4-13(5-7-14)24-9-3-8-21/h4-9,11-12,16,21H,3,10H2,1-2H3,(H2,22,29)(H2,23,30)(H2,25,26,27,28)/t16-/m1/s1. The number of hydrogen-bond acceptors (Lipinski definition) is 8. The van der Waals surface area contributed by atoms with Crippen LogP contribution < -0.4 is 22.1 Å². The van der Waals surface area contributed by atoms with Crippen LogP contribution in [0.4, 0.5) is 23.1 Å². The molecule has 0 bridgehead atoms. The summed E-state index contributed by atoms with van der Waals surface area (Å²) in [7, 11) is 0. The van der Waals surface area contributed by atoms with Crippen molar-refractivity contribution in [1.82, 2.24) is 9.97 Å². The highest BCUT2D eigenvalue weighted by molar-refractivity contribution is 5.98. The summed E-state index contributed by atoms with van der Waals surface area (Å²) >= 11 is 0. The molecule has 2 rings (SSSR count). The molecule has 0 fully saturated rings. The fourth-order valence-corrected chi connectivity index (χ4v) is 2.58. The number of nitrogens with two attached hydrogens (primary N) is 2. The minimum atomic E-state index is -0.689. The van der Waals surface area contributed by atoms with Crippen LogP contribution in [0.2, 0.25) is 0 Å². The van der Waals surface area contributed by atoms with Gasteiger partial charge in [-0.2, -0.15) is 4.98 Å². The van der Waals surface area contributed by atoms with Gasteiger partial charge >= 0.3 is 0 Å². The van der Waals surface area contributed by atoms with Gasteiger partial charge in [-0.15, -0.1) is 0 Å². The van der Waals surface area contributed by atoms with Gasteiger partial charge in [-0.3, -0.25) is 14.6 Å². The second-order valence-electron chi connectivity index (χ2n) is 6.97. The predicted molar refractivity (Wildman–Crippen MR) is 118 cm³/mol. The molecule has 0 unspecified atom stereocenters. The number of aromatic nitrogens is 2. The van der Waals surface area contributed by atoms with Crippen LogP contribution in [0.3, 0.4) is 0 Å². The lowest BCUT2D eigenvalue weighted by Crippen LogP contribution is -2.37. The number of benzene rings is 1. The summed E-state index contributed by atoms with van der Waals surface area (Å²) in [6.45, 7) is 3.95. The van der Waals surface area contributed by atoms with Crippen molar-refractivity contribution in [3.8, 4) is 0 Å². The number of nitrogens with one attached hydrogen (secondary N) is 3. The molecule has 1 atom stereocenters. The van der Waals surface area contributed by atoms with Gasteiger partial charge in [0.25, 0.3) is 5.91 Å². The Bertz CT molecular complexity index is 925. The van der Waals surface area contributed by atoms with Crippen LogP contribution in [0.15, 0.2) is 35.5 Å². The minimum Gasteiger partial charge on any atom is -0.368 e. The van der Waals surface area contributed by atoms with Gasteiger partial charge in [0, 0.05) is 30.7 Å². The second-order valence-corrected chi connectivity index (χ2v) is 6.97. The van der Waals surface area contributed by atoms with E-state index in [0.717, 1.165) is 5.69 Å². The molecule has 0 aliphatic rings. The summed E-state index contributed by atoms with van der Waals surface area (Å²) in [6, 6.07) is 6.44. The van der Waals surface area contributed by atoms with Gasteiger partial charge in [0.05, 0.1) is 5.69 Å². The summed E-state index contributed by atoms with van der Waals surface area (Å²) in [6.07, 6.45) is 5.16. The van der Waals surface area contributed by atoms with E-state index in [1.807, 2.05) is 13.8 Å². The Kier molecular flexibility index (Phi) is 7.98. The zero-order valence-electron chi connectivity index (χ0n) is 16.9. The smallest absolute Gasteiger partial charge is 0.254 e. The molecule has 1 aromatic heterocycles. The van der Waals surface area contributed by atoms with Gasteiger partial charge in [0.2, 0.25) is 11.9 Å². The van der Waals surface area contributed by atoms with Crippen molar-refractivity contribution in [3.63, 3.8) is 0 Å². The first-order chi connectivity index (χ1) is 14.3. The highest BCUT2D eigenvalue weighted by Crippen LogP contribution is 2.22. The van der Waals surface area contributed by atoms with Crippen molar-refractivity contribution in [2.75, 3.05) is 10.6 Å². The fourth-order valence-electron chi connectivity index (χ4n) is 2.58. The lowest BCUT2D eigenvalue weighted by atomic mass is 10.0. The summed E-state index contributed by atoms with van der Waals surface area (Å²) in [5.41, 5.74) is 12.4. The summed E-state index contributed by atoms with van der Waals surface area (Å²) in [5.74, 6) is -0.615. The maximum absolute atomic E-state index is 11.8. The van der Waals surface area contributed by atoms with E-state index in [0.29, 0.717) is 18.5 Å². The molecule has 0 saturated carbocycles. The van der Waals surface area contributed by atoms with Gasteiger partial charge in [0.1, 0.15) is 17.4 Å². The van der Waals surface area contributed by atoms with Crippen molar-refractivity contribution in [1.29, 1.82) is 5.41 Å². The lowest BCUT2D eigenvalue weighted by Gasteiger charge is -2.18. The Hall–Kier alpha value is -3.82. The molecule has 0 aliphatic heterocycles. The van der Waals surface area contributed by atoms with Crippen LogP contribution in [-0.4, -0.2) is 40.3 Å². The van der Waals surface area contributed by atoms with E-state index < -0.39 is 17.9 Å². The highest BCUT2D eigenvalue weighted by Gasteiger charge is 2.19. The molecule has 158 valence electrons. The van der Waals surface area contributed by atoms with Crippen molar-refractivity contribution in [2.45, 2.75) is 32.7 Å². The molecule has 1 aromatic carbocycles.